The van der Waals surface area contributed by atoms with E-state index in [1.54, 1.807) is 25.7 Å². The number of imidazole rings is 1. The number of H-pyrrole nitrogens is 1. The lowest BCUT2D eigenvalue weighted by Crippen LogP contribution is -2.51. The molecule has 0 fully saturated rings. The Morgan fingerprint density at radius 2 is 2.03 bits per heavy atom. The topological polar surface area (TPSA) is 87.3 Å². The lowest BCUT2D eigenvalue weighted by atomic mass is 9.94. The molecular formula is C24H34N4O3. The van der Waals surface area contributed by atoms with Crippen LogP contribution in [-0.2, 0) is 22.4 Å². The molecule has 7 nitrogen and oxygen atoms in total. The number of hydrogen-bond donors (Lipinski definition) is 2. The predicted octanol–water partition coefficient (Wildman–Crippen LogP) is 4.69. The van der Waals surface area contributed by atoms with Crippen molar-refractivity contribution in [3.8, 4) is 0 Å². The summed E-state index contributed by atoms with van der Waals surface area (Å²) in [5.41, 5.74) is 2.44. The van der Waals surface area contributed by atoms with Gasteiger partial charge in [0.2, 0.25) is 5.91 Å². The van der Waals surface area contributed by atoms with Crippen molar-refractivity contribution >= 4 is 17.7 Å². The molecule has 2 amide bonds. The molecule has 1 aliphatic rings. The normalized spacial score (nSPS) is 17.1. The quantitative estimate of drug-likeness (QED) is 0.702. The Bertz CT molecular complexity index is 916. The molecule has 2 N–H and O–H groups in total. The van der Waals surface area contributed by atoms with E-state index in [1.807, 2.05) is 31.3 Å². The number of para-hydroxylation sites is 1. The average molecular weight is 427 g/mol. The summed E-state index contributed by atoms with van der Waals surface area (Å²) in [7, 11) is 0. The third-order valence-electron chi connectivity index (χ3n) is 5.37. The number of carbonyl (C=O) groups excluding carboxylic acids is 2. The Hall–Kier alpha value is -2.83. The van der Waals surface area contributed by atoms with Crippen LogP contribution in [0.15, 0.2) is 30.5 Å². The van der Waals surface area contributed by atoms with E-state index in [0.717, 1.165) is 48.5 Å². The van der Waals surface area contributed by atoms with Crippen LogP contribution in [0.4, 0.5) is 10.5 Å². The first-order valence-corrected chi connectivity index (χ1v) is 11.2. The lowest BCUT2D eigenvalue weighted by molar-refractivity contribution is -0.121. The van der Waals surface area contributed by atoms with Crippen LogP contribution in [-0.4, -0.2) is 33.6 Å². The summed E-state index contributed by atoms with van der Waals surface area (Å²) in [5, 5.41) is 2.77. The number of benzene rings is 1. The number of carbonyl (C=O) groups is 2. The number of aryl methyl sites for hydroxylation is 2. The first-order valence-electron chi connectivity index (χ1n) is 11.2. The van der Waals surface area contributed by atoms with Gasteiger partial charge < -0.3 is 15.0 Å². The van der Waals surface area contributed by atoms with E-state index in [9.17, 15) is 9.59 Å². The molecule has 2 aromatic rings. The van der Waals surface area contributed by atoms with Crippen LogP contribution in [0.3, 0.4) is 0 Å². The second-order valence-corrected chi connectivity index (χ2v) is 9.04. The van der Waals surface area contributed by atoms with Crippen LogP contribution in [0.25, 0.3) is 0 Å². The maximum atomic E-state index is 13.7. The van der Waals surface area contributed by atoms with E-state index in [0.29, 0.717) is 6.42 Å². The molecule has 31 heavy (non-hydrogen) atoms. The van der Waals surface area contributed by atoms with Gasteiger partial charge in [0.1, 0.15) is 17.5 Å². The molecule has 1 aromatic carbocycles. The predicted molar refractivity (Wildman–Crippen MR) is 121 cm³/mol. The fourth-order valence-electron chi connectivity index (χ4n) is 3.98. The third-order valence-corrected chi connectivity index (χ3v) is 5.37. The molecule has 0 aliphatic carbocycles. The summed E-state index contributed by atoms with van der Waals surface area (Å²) in [4.78, 5) is 35.9. The molecule has 3 rings (SSSR count). The number of anilines is 1. The van der Waals surface area contributed by atoms with E-state index in [-0.39, 0.29) is 11.9 Å². The van der Waals surface area contributed by atoms with Gasteiger partial charge in [0.15, 0.2) is 0 Å². The first kappa shape index (κ1) is 22.8. The molecule has 0 spiro atoms. The Morgan fingerprint density at radius 1 is 1.29 bits per heavy atom. The zero-order valence-corrected chi connectivity index (χ0v) is 19.2. The summed E-state index contributed by atoms with van der Waals surface area (Å²) < 4.78 is 5.38. The summed E-state index contributed by atoms with van der Waals surface area (Å²) in [5.74, 6) is 0.636. The zero-order valence-electron chi connectivity index (χ0n) is 19.2. The minimum atomic E-state index is -0.686. The molecule has 2 atom stereocenters. The highest BCUT2D eigenvalue weighted by atomic mass is 16.6. The molecule has 0 radical (unpaired) electrons. The number of hydrogen-bond acceptors (Lipinski definition) is 4. The number of alkyl carbamates (subject to hydrolysis) is 1. The zero-order chi connectivity index (χ0) is 22.6. The Balaban J connectivity index is 1.91. The molecule has 1 aromatic heterocycles. The summed E-state index contributed by atoms with van der Waals surface area (Å²) in [6.07, 6.45) is 5.31. The van der Waals surface area contributed by atoms with Crippen LogP contribution in [0, 0.1) is 0 Å². The Labute approximate surface area is 184 Å². The van der Waals surface area contributed by atoms with Gasteiger partial charge in [0.25, 0.3) is 0 Å². The number of nitrogens with one attached hydrogen (secondary N) is 2. The molecule has 168 valence electrons. The van der Waals surface area contributed by atoms with Gasteiger partial charge >= 0.3 is 6.09 Å². The number of rotatable bonds is 6. The molecule has 2 heterocycles. The van der Waals surface area contributed by atoms with Gasteiger partial charge in [0, 0.05) is 17.6 Å². The fraction of sp³-hybridized carbons (Fsp3) is 0.542. The van der Waals surface area contributed by atoms with Crippen molar-refractivity contribution in [2.75, 3.05) is 4.90 Å². The van der Waals surface area contributed by atoms with Crippen molar-refractivity contribution in [2.45, 2.75) is 84.4 Å². The van der Waals surface area contributed by atoms with E-state index >= 15 is 0 Å². The number of aromatic nitrogens is 2. The Kier molecular flexibility index (Phi) is 7.03. The number of aromatic amines is 1. The summed E-state index contributed by atoms with van der Waals surface area (Å²) >= 11 is 0. The molecule has 0 saturated heterocycles. The maximum Gasteiger partial charge on any atom is 0.408 e. The van der Waals surface area contributed by atoms with Crippen molar-refractivity contribution in [3.05, 3.63) is 47.5 Å². The van der Waals surface area contributed by atoms with Gasteiger partial charge in [-0.25, -0.2) is 9.78 Å². The average Bonchev–Trinajstić information content (AvgIpc) is 3.18. The van der Waals surface area contributed by atoms with Crippen molar-refractivity contribution in [1.29, 1.82) is 0 Å². The third kappa shape index (κ3) is 5.46. The summed E-state index contributed by atoms with van der Waals surface area (Å²) in [6.45, 7) is 9.42. The van der Waals surface area contributed by atoms with Crippen molar-refractivity contribution in [3.63, 3.8) is 0 Å². The van der Waals surface area contributed by atoms with Crippen LogP contribution in [0.2, 0.25) is 0 Å². The van der Waals surface area contributed by atoms with E-state index < -0.39 is 17.7 Å². The van der Waals surface area contributed by atoms with Crippen LogP contribution >= 0.6 is 0 Å². The number of amides is 2. The maximum absolute atomic E-state index is 13.7. The first-order chi connectivity index (χ1) is 14.7. The second-order valence-electron chi connectivity index (χ2n) is 9.04. The van der Waals surface area contributed by atoms with Crippen LogP contribution < -0.4 is 10.2 Å². The van der Waals surface area contributed by atoms with Crippen molar-refractivity contribution in [1.82, 2.24) is 15.3 Å². The largest absolute Gasteiger partial charge is 0.444 e. The standard InChI is InChI=1S/C24H34N4O3/c1-6-10-17-15-25-21(26-17)20-14-13-16-11-8-9-12-19(16)28(20)22(29)18(7-2)27-23(30)31-24(3,4)5/h8-9,11-12,15,18,20H,6-7,10,13-14H2,1-5H3,(H,25,26)(H,27,30). The lowest BCUT2D eigenvalue weighted by Gasteiger charge is -2.38. The Morgan fingerprint density at radius 3 is 2.71 bits per heavy atom. The van der Waals surface area contributed by atoms with Crippen LogP contribution in [0.1, 0.15) is 77.0 Å². The van der Waals surface area contributed by atoms with Crippen LogP contribution in [0.5, 0.6) is 0 Å². The SMILES string of the molecule is CCCc1cnc(C2CCc3ccccc3N2C(=O)C(CC)NC(=O)OC(C)(C)C)[nH]1. The van der Waals surface area contributed by atoms with E-state index in [4.69, 9.17) is 4.74 Å². The minimum Gasteiger partial charge on any atom is -0.444 e. The van der Waals surface area contributed by atoms with Gasteiger partial charge in [-0.3, -0.25) is 9.69 Å². The highest BCUT2D eigenvalue weighted by Crippen LogP contribution is 2.38. The van der Waals surface area contributed by atoms with Gasteiger partial charge in [0.05, 0.1) is 6.04 Å². The smallest absolute Gasteiger partial charge is 0.408 e. The molecular weight excluding hydrogens is 392 g/mol. The summed E-state index contributed by atoms with van der Waals surface area (Å²) in [6, 6.07) is 7.06. The van der Waals surface area contributed by atoms with E-state index in [1.165, 1.54) is 0 Å². The highest BCUT2D eigenvalue weighted by molar-refractivity contribution is 6.00. The molecule has 7 heteroatoms. The molecule has 1 aliphatic heterocycles. The van der Waals surface area contributed by atoms with Gasteiger partial charge in [-0.05, 0) is 58.1 Å². The molecule has 0 saturated carbocycles. The second kappa shape index (κ2) is 9.54. The number of nitrogens with zero attached hydrogens (tertiary/aromatic N) is 2. The highest BCUT2D eigenvalue weighted by Gasteiger charge is 2.37. The number of fused-ring (bicyclic) bond motifs is 1. The van der Waals surface area contributed by atoms with Gasteiger partial charge in [-0.2, -0.15) is 0 Å². The van der Waals surface area contributed by atoms with E-state index in [2.05, 4.69) is 28.3 Å². The fourth-order valence-corrected chi connectivity index (χ4v) is 3.98. The number of ether oxygens (including phenoxy) is 1. The monoisotopic (exact) mass is 426 g/mol. The van der Waals surface area contributed by atoms with Gasteiger partial charge in [-0.1, -0.05) is 38.5 Å². The molecule has 0 bridgehead atoms. The van der Waals surface area contributed by atoms with Crippen molar-refractivity contribution in [2.24, 2.45) is 0 Å². The molecule has 2 unspecified atom stereocenters. The van der Waals surface area contributed by atoms with Gasteiger partial charge in [-0.15, -0.1) is 0 Å². The minimum absolute atomic E-state index is 0.154. The van der Waals surface area contributed by atoms with Crippen molar-refractivity contribution < 1.29 is 14.3 Å².